The van der Waals surface area contributed by atoms with E-state index in [0.29, 0.717) is 0 Å². The maximum absolute atomic E-state index is 5.56. The van der Waals surface area contributed by atoms with E-state index < -0.39 is 8.07 Å². The van der Waals surface area contributed by atoms with Gasteiger partial charge in [-0.3, -0.25) is 0 Å². The molecule has 1 aromatic rings. The van der Waals surface area contributed by atoms with Gasteiger partial charge in [0, 0.05) is 26.6 Å². The van der Waals surface area contributed by atoms with Crippen LogP contribution >= 0.6 is 0 Å². The van der Waals surface area contributed by atoms with Gasteiger partial charge in [0.2, 0.25) is 0 Å². The second-order valence-electron chi connectivity index (χ2n) is 4.56. The summed E-state index contributed by atoms with van der Waals surface area (Å²) in [4.78, 5) is 3.12. The van der Waals surface area contributed by atoms with Crippen LogP contribution in [0.2, 0.25) is 25.7 Å². The molecule has 0 atom stereocenters. The maximum Gasteiger partial charge on any atom is 0.0865 e. The van der Waals surface area contributed by atoms with Crippen LogP contribution in [0.5, 0.6) is 0 Å². The monoisotopic (exact) mass is 197 g/mol. The smallest absolute Gasteiger partial charge is 0.0865 e. The summed E-state index contributed by atoms with van der Waals surface area (Å²) < 4.78 is 5.56. The van der Waals surface area contributed by atoms with E-state index in [1.165, 1.54) is 6.04 Å². The Bertz CT molecular complexity index is 226. The van der Waals surface area contributed by atoms with Gasteiger partial charge in [0.05, 0.1) is 6.61 Å². The highest BCUT2D eigenvalue weighted by molar-refractivity contribution is 6.76. The molecule has 0 unspecified atom stereocenters. The molecule has 0 spiro atoms. The molecule has 2 nitrogen and oxygen atoms in total. The summed E-state index contributed by atoms with van der Waals surface area (Å²) in [7, 11) is -0.914. The topological polar surface area (TPSA) is 25.0 Å². The molecule has 0 radical (unpaired) electrons. The Hall–Kier alpha value is -0.543. The first kappa shape index (κ1) is 10.5. The maximum atomic E-state index is 5.56. The summed E-state index contributed by atoms with van der Waals surface area (Å²) >= 11 is 0. The first-order valence-corrected chi connectivity index (χ1v) is 8.49. The Labute approximate surface area is 81.3 Å². The number of nitrogens with one attached hydrogen (secondary N) is 1. The van der Waals surface area contributed by atoms with Crippen molar-refractivity contribution < 1.29 is 4.74 Å². The van der Waals surface area contributed by atoms with Crippen molar-refractivity contribution in [3.63, 3.8) is 0 Å². The van der Waals surface area contributed by atoms with Crippen LogP contribution in [0.4, 0.5) is 0 Å². The van der Waals surface area contributed by atoms with Crippen LogP contribution in [0.3, 0.4) is 0 Å². The Morgan fingerprint density at radius 2 is 2.15 bits per heavy atom. The predicted molar refractivity (Wildman–Crippen MR) is 58.6 cm³/mol. The average Bonchev–Trinajstić information content (AvgIpc) is 2.48. The number of ether oxygens (including phenoxy) is 1. The number of hydrogen-bond donors (Lipinski definition) is 1. The van der Waals surface area contributed by atoms with Crippen LogP contribution < -0.4 is 0 Å². The van der Waals surface area contributed by atoms with Crippen LogP contribution in [0.25, 0.3) is 0 Å². The van der Waals surface area contributed by atoms with Crippen LogP contribution in [-0.4, -0.2) is 19.7 Å². The van der Waals surface area contributed by atoms with E-state index in [1.807, 2.05) is 12.3 Å². The first-order valence-electron chi connectivity index (χ1n) is 4.78. The lowest BCUT2D eigenvalue weighted by atomic mass is 10.5. The van der Waals surface area contributed by atoms with Crippen molar-refractivity contribution in [3.8, 4) is 0 Å². The Kier molecular flexibility index (Phi) is 3.75. The fourth-order valence-corrected chi connectivity index (χ4v) is 1.77. The van der Waals surface area contributed by atoms with E-state index in [0.717, 1.165) is 18.9 Å². The van der Waals surface area contributed by atoms with Gasteiger partial charge < -0.3 is 9.72 Å². The molecule has 1 heterocycles. The van der Waals surface area contributed by atoms with Gasteiger partial charge in [-0.2, -0.15) is 0 Å². The fourth-order valence-electron chi connectivity index (χ4n) is 1.02. The van der Waals surface area contributed by atoms with Gasteiger partial charge in [-0.1, -0.05) is 19.6 Å². The highest BCUT2D eigenvalue weighted by atomic mass is 28.3. The van der Waals surface area contributed by atoms with E-state index in [4.69, 9.17) is 4.74 Å². The molecule has 0 aliphatic carbocycles. The summed E-state index contributed by atoms with van der Waals surface area (Å²) in [5.74, 6) is 0. The van der Waals surface area contributed by atoms with Crippen molar-refractivity contribution in [1.82, 2.24) is 4.98 Å². The molecule has 1 N–H and O–H groups in total. The van der Waals surface area contributed by atoms with Crippen LogP contribution in [0.15, 0.2) is 18.3 Å². The number of rotatable bonds is 5. The largest absolute Gasteiger partial charge is 0.376 e. The zero-order valence-corrected chi connectivity index (χ0v) is 9.76. The molecule has 1 rings (SSSR count). The molecule has 0 bridgehead atoms. The van der Waals surface area contributed by atoms with Gasteiger partial charge >= 0.3 is 0 Å². The highest BCUT2D eigenvalue weighted by Gasteiger charge is 2.11. The van der Waals surface area contributed by atoms with Gasteiger partial charge in [0.15, 0.2) is 0 Å². The third-order valence-electron chi connectivity index (χ3n) is 1.92. The molecule has 3 heteroatoms. The number of H-pyrrole nitrogens is 1. The summed E-state index contributed by atoms with van der Waals surface area (Å²) in [6.07, 6.45) is 1.93. The van der Waals surface area contributed by atoms with E-state index in [9.17, 15) is 0 Å². The van der Waals surface area contributed by atoms with Gasteiger partial charge in [0.1, 0.15) is 0 Å². The van der Waals surface area contributed by atoms with E-state index in [-0.39, 0.29) is 0 Å². The van der Waals surface area contributed by atoms with Crippen molar-refractivity contribution in [2.45, 2.75) is 32.3 Å². The minimum Gasteiger partial charge on any atom is -0.376 e. The van der Waals surface area contributed by atoms with Crippen molar-refractivity contribution in [2.75, 3.05) is 6.61 Å². The second-order valence-corrected chi connectivity index (χ2v) is 10.2. The van der Waals surface area contributed by atoms with Crippen LogP contribution in [0.1, 0.15) is 5.69 Å². The zero-order valence-electron chi connectivity index (χ0n) is 8.76. The molecule has 0 amide bonds. The van der Waals surface area contributed by atoms with Crippen molar-refractivity contribution in [3.05, 3.63) is 24.0 Å². The molecule has 0 saturated heterocycles. The van der Waals surface area contributed by atoms with Gasteiger partial charge in [-0.25, -0.2) is 0 Å². The Morgan fingerprint density at radius 1 is 1.38 bits per heavy atom. The molecule has 74 valence electrons. The highest BCUT2D eigenvalue weighted by Crippen LogP contribution is 2.08. The second kappa shape index (κ2) is 4.63. The third-order valence-corrected chi connectivity index (χ3v) is 3.62. The molecule has 0 saturated carbocycles. The van der Waals surface area contributed by atoms with Gasteiger partial charge in [-0.15, -0.1) is 0 Å². The molecule has 0 aliphatic heterocycles. The SMILES string of the molecule is C[Si](C)(C)CCOCc1ccc[nH]1. The predicted octanol–water partition coefficient (Wildman–Crippen LogP) is 2.87. The summed E-state index contributed by atoms with van der Waals surface area (Å²) in [6, 6.07) is 5.29. The van der Waals surface area contributed by atoms with Crippen LogP contribution in [0, 0.1) is 0 Å². The lowest BCUT2D eigenvalue weighted by molar-refractivity contribution is 0.131. The number of hydrogen-bond acceptors (Lipinski definition) is 1. The Morgan fingerprint density at radius 3 is 2.69 bits per heavy atom. The minimum atomic E-state index is -0.914. The normalized spacial score (nSPS) is 11.9. The molecule has 1 aromatic heterocycles. The van der Waals surface area contributed by atoms with Crippen LogP contribution in [-0.2, 0) is 11.3 Å². The Balaban J connectivity index is 2.09. The van der Waals surface area contributed by atoms with E-state index >= 15 is 0 Å². The van der Waals surface area contributed by atoms with Gasteiger partial charge in [0.25, 0.3) is 0 Å². The molecule has 0 aliphatic rings. The third kappa shape index (κ3) is 4.90. The molecule has 0 fully saturated rings. The lowest BCUT2D eigenvalue weighted by Gasteiger charge is -2.14. The minimum absolute atomic E-state index is 0.720. The molecule has 13 heavy (non-hydrogen) atoms. The van der Waals surface area contributed by atoms with Crippen molar-refractivity contribution >= 4 is 8.07 Å². The van der Waals surface area contributed by atoms with Gasteiger partial charge in [-0.05, 0) is 18.2 Å². The summed E-state index contributed by atoms with van der Waals surface area (Å²) in [5, 5.41) is 0. The van der Waals surface area contributed by atoms with Crippen molar-refractivity contribution in [1.29, 1.82) is 0 Å². The number of aromatic amines is 1. The quantitative estimate of drug-likeness (QED) is 0.570. The average molecular weight is 197 g/mol. The summed E-state index contributed by atoms with van der Waals surface area (Å²) in [6.45, 7) is 8.72. The van der Waals surface area contributed by atoms with E-state index in [1.54, 1.807) is 0 Å². The standard InChI is InChI=1S/C10H19NOSi/c1-13(2,3)8-7-12-9-10-5-4-6-11-10/h4-6,11H,7-9H2,1-3H3. The summed E-state index contributed by atoms with van der Waals surface area (Å²) in [5.41, 5.74) is 1.16. The zero-order chi connectivity index (χ0) is 9.73. The lowest BCUT2D eigenvalue weighted by Crippen LogP contribution is -2.21. The van der Waals surface area contributed by atoms with E-state index in [2.05, 4.69) is 30.7 Å². The van der Waals surface area contributed by atoms with Crippen molar-refractivity contribution in [2.24, 2.45) is 0 Å². The molecular weight excluding hydrogens is 178 g/mol. The number of aromatic nitrogens is 1. The fraction of sp³-hybridized carbons (Fsp3) is 0.600. The first-order chi connectivity index (χ1) is 6.08. The molecule has 0 aromatic carbocycles. The molecular formula is C10H19NOSi.